The molecule has 0 aromatic heterocycles. The number of esters is 4. The molecule has 0 unspecified atom stereocenters. The van der Waals surface area contributed by atoms with Crippen LogP contribution in [0.2, 0.25) is 0 Å². The lowest BCUT2D eigenvalue weighted by Gasteiger charge is -2.29. The maximum atomic E-state index is 13.3. The van der Waals surface area contributed by atoms with Crippen LogP contribution >= 0.6 is 0 Å². The molecule has 0 saturated carbocycles. The molecule has 36 heavy (non-hydrogen) atoms. The van der Waals surface area contributed by atoms with Gasteiger partial charge in [0.25, 0.3) is 0 Å². The number of ether oxygens (including phenoxy) is 4. The minimum atomic E-state index is -2.08. The lowest BCUT2D eigenvalue weighted by Crippen LogP contribution is -2.50. The van der Waals surface area contributed by atoms with Gasteiger partial charge >= 0.3 is 23.9 Å². The minimum absolute atomic E-state index is 0.141. The maximum absolute atomic E-state index is 13.3. The van der Waals surface area contributed by atoms with Gasteiger partial charge in [-0.25, -0.2) is 28.0 Å². The quantitative estimate of drug-likeness (QED) is 0.402. The highest BCUT2D eigenvalue weighted by Gasteiger charge is 2.45. The van der Waals surface area contributed by atoms with Crippen molar-refractivity contribution in [3.63, 3.8) is 0 Å². The first-order chi connectivity index (χ1) is 16.6. The van der Waals surface area contributed by atoms with Crippen molar-refractivity contribution in [1.29, 1.82) is 0 Å². The molecule has 0 aliphatic heterocycles. The third-order valence-corrected chi connectivity index (χ3v) is 4.18. The number of carbonyl (C=O) groups excluding carboxylic acids is 4. The van der Waals surface area contributed by atoms with Gasteiger partial charge in [-0.3, -0.25) is 0 Å². The van der Waals surface area contributed by atoms with E-state index in [1.807, 2.05) is 0 Å². The lowest BCUT2D eigenvalue weighted by molar-refractivity contribution is -0.185. The van der Waals surface area contributed by atoms with Crippen LogP contribution in [0.3, 0.4) is 0 Å². The molecule has 0 fully saturated rings. The molecule has 2 atom stereocenters. The first-order valence-electron chi connectivity index (χ1n) is 10.9. The molecule has 0 saturated heterocycles. The standard InChI is InChI=1S/C26H28F2O8/c1-25(2,3)35-23(31)19(33-21(29)15-7-11-17(27)12-8-15)20(24(32)36-26(4,5)6)34-22(30)16-9-13-18(28)14-10-16/h7-14,19-20H,1-6H3/t19-,20-/m1/s1. The van der Waals surface area contributed by atoms with Gasteiger partial charge < -0.3 is 18.9 Å². The van der Waals surface area contributed by atoms with E-state index in [-0.39, 0.29) is 11.1 Å². The molecule has 0 amide bonds. The molecule has 8 nitrogen and oxygen atoms in total. The van der Waals surface area contributed by atoms with Gasteiger partial charge in [0.05, 0.1) is 11.1 Å². The average molecular weight is 506 g/mol. The summed E-state index contributed by atoms with van der Waals surface area (Å²) in [5.41, 5.74) is -2.43. The van der Waals surface area contributed by atoms with Crippen molar-refractivity contribution in [1.82, 2.24) is 0 Å². The molecule has 0 spiro atoms. The predicted molar refractivity (Wildman–Crippen MR) is 123 cm³/mol. The Labute approximate surface area is 207 Å². The molecule has 0 bridgehead atoms. The van der Waals surface area contributed by atoms with Gasteiger partial charge in [0.2, 0.25) is 12.2 Å². The van der Waals surface area contributed by atoms with E-state index < -0.39 is 58.9 Å². The molecule has 2 aromatic rings. The van der Waals surface area contributed by atoms with Crippen LogP contribution in [0, 0.1) is 11.6 Å². The Bertz CT molecular complexity index is 1010. The van der Waals surface area contributed by atoms with E-state index >= 15 is 0 Å². The molecular formula is C26H28F2O8. The summed E-state index contributed by atoms with van der Waals surface area (Å²) in [6, 6.07) is 8.43. The molecule has 0 aliphatic carbocycles. The van der Waals surface area contributed by atoms with E-state index in [4.69, 9.17) is 18.9 Å². The first-order valence-corrected chi connectivity index (χ1v) is 10.9. The summed E-state index contributed by atoms with van der Waals surface area (Å²) in [5.74, 6) is -5.85. The van der Waals surface area contributed by atoms with Gasteiger partial charge in [-0.15, -0.1) is 0 Å². The van der Waals surface area contributed by atoms with Crippen molar-refractivity contribution in [2.75, 3.05) is 0 Å². The molecule has 0 aliphatic rings. The highest BCUT2D eigenvalue weighted by atomic mass is 19.1. The number of carbonyl (C=O) groups is 4. The van der Waals surface area contributed by atoms with Gasteiger partial charge in [-0.1, -0.05) is 0 Å². The monoisotopic (exact) mass is 506 g/mol. The predicted octanol–water partition coefficient (Wildman–Crippen LogP) is 4.40. The second-order valence-corrected chi connectivity index (χ2v) is 9.73. The van der Waals surface area contributed by atoms with Crippen LogP contribution in [0.25, 0.3) is 0 Å². The van der Waals surface area contributed by atoms with Crippen LogP contribution in [0.1, 0.15) is 62.3 Å². The fourth-order valence-corrected chi connectivity index (χ4v) is 2.73. The first kappa shape index (κ1) is 28.4. The molecule has 0 heterocycles. The van der Waals surface area contributed by atoms with E-state index in [9.17, 15) is 28.0 Å². The summed E-state index contributed by atoms with van der Waals surface area (Å²) in [6.45, 7) is 9.23. The third kappa shape index (κ3) is 8.75. The number of benzene rings is 2. The maximum Gasteiger partial charge on any atom is 0.352 e. The minimum Gasteiger partial charge on any atom is -0.457 e. The second-order valence-electron chi connectivity index (χ2n) is 9.73. The Hall–Kier alpha value is -3.82. The zero-order chi connectivity index (χ0) is 27.3. The second kappa shape index (κ2) is 11.3. The number of halogens is 2. The molecule has 2 rings (SSSR count). The summed E-state index contributed by atoms with van der Waals surface area (Å²) in [7, 11) is 0. The van der Waals surface area contributed by atoms with Gasteiger partial charge in [-0.05, 0) is 90.1 Å². The molecule has 194 valence electrons. The summed E-state index contributed by atoms with van der Waals surface area (Å²) < 4.78 is 47.7. The van der Waals surface area contributed by atoms with E-state index in [0.717, 1.165) is 48.5 Å². The van der Waals surface area contributed by atoms with Crippen molar-refractivity contribution >= 4 is 23.9 Å². The smallest absolute Gasteiger partial charge is 0.352 e. The summed E-state index contributed by atoms with van der Waals surface area (Å²) in [5, 5.41) is 0. The Morgan fingerprint density at radius 1 is 0.583 bits per heavy atom. The molecule has 0 N–H and O–H groups in total. The fourth-order valence-electron chi connectivity index (χ4n) is 2.73. The van der Waals surface area contributed by atoms with Crippen molar-refractivity contribution < 1.29 is 46.9 Å². The highest BCUT2D eigenvalue weighted by molar-refractivity contribution is 5.96. The Morgan fingerprint density at radius 3 is 1.11 bits per heavy atom. The number of hydrogen-bond donors (Lipinski definition) is 0. The zero-order valence-corrected chi connectivity index (χ0v) is 20.8. The van der Waals surface area contributed by atoms with Crippen LogP contribution < -0.4 is 0 Å². The van der Waals surface area contributed by atoms with Crippen molar-refractivity contribution in [2.45, 2.75) is 65.0 Å². The number of hydrogen-bond acceptors (Lipinski definition) is 8. The van der Waals surface area contributed by atoms with Gasteiger partial charge in [0.1, 0.15) is 22.8 Å². The highest BCUT2D eigenvalue weighted by Crippen LogP contribution is 2.21. The van der Waals surface area contributed by atoms with Crippen LogP contribution in [-0.4, -0.2) is 47.3 Å². The van der Waals surface area contributed by atoms with Crippen molar-refractivity contribution in [3.8, 4) is 0 Å². The largest absolute Gasteiger partial charge is 0.457 e. The topological polar surface area (TPSA) is 105 Å². The van der Waals surface area contributed by atoms with Crippen LogP contribution in [0.15, 0.2) is 48.5 Å². The van der Waals surface area contributed by atoms with E-state index in [1.54, 1.807) is 0 Å². The SMILES string of the molecule is CC(C)(C)OC(=O)[C@H](OC(=O)c1ccc(F)cc1)[C@@H](OC(=O)c1ccc(F)cc1)C(=O)OC(C)(C)C. The summed E-state index contributed by atoms with van der Waals surface area (Å²) in [4.78, 5) is 51.6. The van der Waals surface area contributed by atoms with Crippen LogP contribution in [0.5, 0.6) is 0 Å². The Morgan fingerprint density at radius 2 is 0.861 bits per heavy atom. The molecule has 2 aromatic carbocycles. The molecule has 0 radical (unpaired) electrons. The average Bonchev–Trinajstić information content (AvgIpc) is 2.74. The molecule has 10 heteroatoms. The number of rotatable bonds is 7. The fraction of sp³-hybridized carbons (Fsp3) is 0.385. The third-order valence-electron chi connectivity index (χ3n) is 4.18. The lowest BCUT2D eigenvalue weighted by atomic mass is 10.1. The van der Waals surface area contributed by atoms with E-state index in [2.05, 4.69) is 0 Å². The van der Waals surface area contributed by atoms with Gasteiger partial charge in [-0.2, -0.15) is 0 Å². The summed E-state index contributed by atoms with van der Waals surface area (Å²) >= 11 is 0. The van der Waals surface area contributed by atoms with Gasteiger partial charge in [0.15, 0.2) is 0 Å². The van der Waals surface area contributed by atoms with Crippen LogP contribution in [0.4, 0.5) is 8.78 Å². The Balaban J connectivity index is 2.48. The van der Waals surface area contributed by atoms with Crippen LogP contribution in [-0.2, 0) is 28.5 Å². The Kier molecular flexibility index (Phi) is 8.90. The zero-order valence-electron chi connectivity index (χ0n) is 20.8. The van der Waals surface area contributed by atoms with Crippen molar-refractivity contribution in [2.24, 2.45) is 0 Å². The normalized spacial score (nSPS) is 13.2. The van der Waals surface area contributed by atoms with Crippen molar-refractivity contribution in [3.05, 3.63) is 71.3 Å². The van der Waals surface area contributed by atoms with E-state index in [1.165, 1.54) is 41.5 Å². The van der Waals surface area contributed by atoms with E-state index in [0.29, 0.717) is 0 Å². The summed E-state index contributed by atoms with van der Waals surface area (Å²) in [6.07, 6.45) is -4.16. The molecular weight excluding hydrogens is 478 g/mol. The van der Waals surface area contributed by atoms with Gasteiger partial charge in [0, 0.05) is 0 Å².